The van der Waals surface area contributed by atoms with Crippen LogP contribution in [0.2, 0.25) is 0 Å². The van der Waals surface area contributed by atoms with Crippen LogP contribution in [0.15, 0.2) is 0 Å². The smallest absolute Gasteiger partial charge is 0.133 e. The number of hydrogen-bond acceptors (Lipinski definition) is 2. The molecule has 0 aromatic heterocycles. The van der Waals surface area contributed by atoms with Gasteiger partial charge >= 0.3 is 0 Å². The van der Waals surface area contributed by atoms with E-state index in [2.05, 4.69) is 27.7 Å². The van der Waals surface area contributed by atoms with E-state index in [0.29, 0.717) is 34.7 Å². The van der Waals surface area contributed by atoms with Gasteiger partial charge in [-0.2, -0.15) is 0 Å². The van der Waals surface area contributed by atoms with E-state index in [1.807, 2.05) is 6.92 Å². The first-order valence-electron chi connectivity index (χ1n) is 11.2. The molecule has 0 aromatic carbocycles. The van der Waals surface area contributed by atoms with Crippen molar-refractivity contribution in [3.63, 3.8) is 0 Å². The Bertz CT molecular complexity index is 607. The van der Waals surface area contributed by atoms with Crippen molar-refractivity contribution in [2.75, 3.05) is 0 Å². The molecule has 4 fully saturated rings. The molecule has 4 saturated carbocycles. The van der Waals surface area contributed by atoms with Crippen LogP contribution < -0.4 is 0 Å². The molecule has 2 nitrogen and oxygen atoms in total. The number of ketones is 2. The van der Waals surface area contributed by atoms with Gasteiger partial charge in [-0.1, -0.05) is 27.7 Å². The van der Waals surface area contributed by atoms with E-state index in [4.69, 9.17) is 0 Å². The average molecular weight is 359 g/mol. The lowest BCUT2D eigenvalue weighted by molar-refractivity contribution is -0.143. The van der Waals surface area contributed by atoms with Crippen LogP contribution in [0, 0.1) is 52.3 Å². The summed E-state index contributed by atoms with van der Waals surface area (Å²) in [7, 11) is 0. The Hall–Kier alpha value is -0.660. The van der Waals surface area contributed by atoms with Gasteiger partial charge < -0.3 is 0 Å². The molecule has 0 saturated heterocycles. The lowest BCUT2D eigenvalue weighted by atomic mass is 9.44. The molecule has 4 rings (SSSR count). The SMILES string of the molecule is CC(=O)[C@H]1[C@H](C(C)C)C[C@H]2[C@@H]3CC[C@H]4CC(=O)CC[C@]4(C)[C@H]3CC[C@@]21C. The van der Waals surface area contributed by atoms with Crippen LogP contribution in [0.1, 0.15) is 86.0 Å². The fraction of sp³-hybridized carbons (Fsp3) is 0.917. The normalized spacial score (nSPS) is 50.9. The molecule has 0 aliphatic heterocycles. The molecule has 2 heteroatoms. The first kappa shape index (κ1) is 18.7. The highest BCUT2D eigenvalue weighted by molar-refractivity contribution is 5.80. The Kier molecular flexibility index (Phi) is 4.44. The van der Waals surface area contributed by atoms with Gasteiger partial charge in [0.1, 0.15) is 11.6 Å². The van der Waals surface area contributed by atoms with Crippen LogP contribution in [0.3, 0.4) is 0 Å². The van der Waals surface area contributed by atoms with E-state index in [1.165, 1.54) is 32.1 Å². The van der Waals surface area contributed by atoms with Crippen molar-refractivity contribution in [1.82, 2.24) is 0 Å². The molecule has 0 heterocycles. The molecule has 146 valence electrons. The predicted molar refractivity (Wildman–Crippen MR) is 105 cm³/mol. The van der Waals surface area contributed by atoms with Crippen molar-refractivity contribution in [3.8, 4) is 0 Å². The number of Topliss-reactive ketones (excluding diaryl/α,β-unsaturated/α-hetero) is 2. The molecule has 0 radical (unpaired) electrons. The zero-order chi connectivity index (χ0) is 18.9. The van der Waals surface area contributed by atoms with E-state index < -0.39 is 0 Å². The summed E-state index contributed by atoms with van der Waals surface area (Å²) in [4.78, 5) is 24.7. The molecule has 0 unspecified atom stereocenters. The van der Waals surface area contributed by atoms with Gasteiger partial charge in [0.15, 0.2) is 0 Å². The average Bonchev–Trinajstić information content (AvgIpc) is 2.89. The summed E-state index contributed by atoms with van der Waals surface area (Å²) in [6.45, 7) is 11.5. The number of hydrogen-bond donors (Lipinski definition) is 0. The standard InChI is InChI=1S/C24H38O2/c1-14(2)19-13-21-18-7-6-16-12-17(26)8-10-23(16,4)20(18)9-11-24(21,5)22(19)15(3)25/h14,16,18-22H,6-13H2,1-5H3/t16-,18+,19-,20-,21-,22-,23-,24-/m0/s1. The summed E-state index contributed by atoms with van der Waals surface area (Å²) in [5.74, 6) is 5.30. The third kappa shape index (κ3) is 2.49. The fourth-order valence-corrected chi connectivity index (χ4v) is 8.56. The molecule has 0 aromatic rings. The highest BCUT2D eigenvalue weighted by atomic mass is 16.1. The minimum atomic E-state index is 0.218. The van der Waals surface area contributed by atoms with Crippen molar-refractivity contribution in [2.24, 2.45) is 52.3 Å². The first-order chi connectivity index (χ1) is 12.2. The van der Waals surface area contributed by atoms with E-state index in [-0.39, 0.29) is 11.3 Å². The van der Waals surface area contributed by atoms with Crippen LogP contribution in [-0.2, 0) is 9.59 Å². The first-order valence-corrected chi connectivity index (χ1v) is 11.2. The predicted octanol–water partition coefficient (Wildman–Crippen LogP) is 5.69. The minimum absolute atomic E-state index is 0.218. The van der Waals surface area contributed by atoms with Gasteiger partial charge in [-0.05, 0) is 91.8 Å². The summed E-state index contributed by atoms with van der Waals surface area (Å²) in [5.41, 5.74) is 0.593. The van der Waals surface area contributed by atoms with E-state index >= 15 is 0 Å². The molecule has 0 bridgehead atoms. The number of fused-ring (bicyclic) bond motifs is 5. The van der Waals surface area contributed by atoms with Crippen molar-refractivity contribution in [1.29, 1.82) is 0 Å². The van der Waals surface area contributed by atoms with Gasteiger partial charge in [-0.3, -0.25) is 9.59 Å². The Labute approximate surface area is 159 Å². The second kappa shape index (κ2) is 6.17. The maximum Gasteiger partial charge on any atom is 0.133 e. The molecule has 8 atom stereocenters. The quantitative estimate of drug-likeness (QED) is 0.636. The molecule has 0 spiro atoms. The Morgan fingerprint density at radius 3 is 2.42 bits per heavy atom. The summed E-state index contributed by atoms with van der Waals surface area (Å²) >= 11 is 0. The zero-order valence-corrected chi connectivity index (χ0v) is 17.5. The molecular formula is C24H38O2. The molecule has 4 aliphatic carbocycles. The van der Waals surface area contributed by atoms with E-state index in [0.717, 1.165) is 37.0 Å². The molecular weight excluding hydrogens is 320 g/mol. The van der Waals surface area contributed by atoms with Gasteiger partial charge in [0, 0.05) is 18.8 Å². The largest absolute Gasteiger partial charge is 0.300 e. The zero-order valence-electron chi connectivity index (χ0n) is 17.5. The Morgan fingerprint density at radius 2 is 1.77 bits per heavy atom. The second-order valence-corrected chi connectivity index (χ2v) is 11.2. The van der Waals surface area contributed by atoms with Crippen LogP contribution in [0.4, 0.5) is 0 Å². The van der Waals surface area contributed by atoms with Crippen molar-refractivity contribution >= 4 is 11.6 Å². The van der Waals surface area contributed by atoms with Crippen LogP contribution in [0.5, 0.6) is 0 Å². The summed E-state index contributed by atoms with van der Waals surface area (Å²) < 4.78 is 0. The number of rotatable bonds is 2. The summed E-state index contributed by atoms with van der Waals surface area (Å²) in [5, 5.41) is 0. The highest BCUT2D eigenvalue weighted by Gasteiger charge is 2.63. The van der Waals surface area contributed by atoms with Crippen LogP contribution in [0.25, 0.3) is 0 Å². The van der Waals surface area contributed by atoms with Crippen molar-refractivity contribution < 1.29 is 9.59 Å². The molecule has 0 N–H and O–H groups in total. The van der Waals surface area contributed by atoms with Crippen LogP contribution in [-0.4, -0.2) is 11.6 Å². The Morgan fingerprint density at radius 1 is 1.04 bits per heavy atom. The maximum absolute atomic E-state index is 12.7. The molecule has 4 aliphatic rings. The van der Waals surface area contributed by atoms with Gasteiger partial charge in [0.25, 0.3) is 0 Å². The fourth-order valence-electron chi connectivity index (χ4n) is 8.56. The lowest BCUT2D eigenvalue weighted by Crippen LogP contribution is -2.54. The monoisotopic (exact) mass is 358 g/mol. The summed E-state index contributed by atoms with van der Waals surface area (Å²) in [6.07, 6.45) is 9.08. The third-order valence-corrected chi connectivity index (χ3v) is 9.88. The van der Waals surface area contributed by atoms with Crippen LogP contribution >= 0.6 is 0 Å². The topological polar surface area (TPSA) is 34.1 Å². The lowest BCUT2D eigenvalue weighted by Gasteiger charge is -2.60. The van der Waals surface area contributed by atoms with Gasteiger partial charge in [0.2, 0.25) is 0 Å². The van der Waals surface area contributed by atoms with Gasteiger partial charge in [-0.15, -0.1) is 0 Å². The maximum atomic E-state index is 12.7. The second-order valence-electron chi connectivity index (χ2n) is 11.2. The molecule has 0 amide bonds. The number of carbonyl (C=O) groups excluding carboxylic acids is 2. The van der Waals surface area contributed by atoms with E-state index in [1.54, 1.807) is 0 Å². The summed E-state index contributed by atoms with van der Waals surface area (Å²) in [6, 6.07) is 0. The third-order valence-electron chi connectivity index (χ3n) is 9.88. The number of carbonyl (C=O) groups is 2. The minimum Gasteiger partial charge on any atom is -0.300 e. The Balaban J connectivity index is 1.66. The van der Waals surface area contributed by atoms with Gasteiger partial charge in [-0.25, -0.2) is 0 Å². The van der Waals surface area contributed by atoms with Gasteiger partial charge in [0.05, 0.1) is 0 Å². The van der Waals surface area contributed by atoms with Crippen molar-refractivity contribution in [3.05, 3.63) is 0 Å². The highest BCUT2D eigenvalue weighted by Crippen LogP contribution is 2.68. The van der Waals surface area contributed by atoms with E-state index in [9.17, 15) is 9.59 Å². The van der Waals surface area contributed by atoms with Crippen molar-refractivity contribution in [2.45, 2.75) is 86.0 Å². The molecule has 26 heavy (non-hydrogen) atoms.